The number of benzene rings is 1. The van der Waals surface area contributed by atoms with Gasteiger partial charge in [-0.1, -0.05) is 18.2 Å². The number of anilines is 1. The van der Waals surface area contributed by atoms with E-state index in [1.165, 1.54) is 6.08 Å². The second-order valence-corrected chi connectivity index (χ2v) is 4.75. The molecule has 19 heavy (non-hydrogen) atoms. The Hall–Kier alpha value is -2.07. The van der Waals surface area contributed by atoms with Crippen molar-refractivity contribution in [3.05, 3.63) is 52.7 Å². The van der Waals surface area contributed by atoms with Gasteiger partial charge in [0.05, 0.1) is 12.3 Å². The summed E-state index contributed by atoms with van der Waals surface area (Å²) in [5.41, 5.74) is 0.685. The number of carbonyl (C=O) groups is 1. The summed E-state index contributed by atoms with van der Waals surface area (Å²) in [6.45, 7) is 2.48. The Labute approximate surface area is 116 Å². The topological polar surface area (TPSA) is 38.3 Å². The fraction of sp³-hybridized carbons (Fsp3) is 0.133. The molecule has 0 unspecified atom stereocenters. The van der Waals surface area contributed by atoms with Crippen molar-refractivity contribution >= 4 is 29.0 Å². The van der Waals surface area contributed by atoms with Crippen LogP contribution < -0.4 is 10.1 Å². The van der Waals surface area contributed by atoms with Gasteiger partial charge >= 0.3 is 0 Å². The van der Waals surface area contributed by atoms with Gasteiger partial charge in [0.1, 0.15) is 5.75 Å². The molecule has 98 valence electrons. The van der Waals surface area contributed by atoms with E-state index in [0.717, 1.165) is 4.88 Å². The number of ether oxygens (including phenoxy) is 1. The second-order valence-electron chi connectivity index (χ2n) is 3.77. The molecule has 0 spiro atoms. The van der Waals surface area contributed by atoms with Crippen LogP contribution in [0.25, 0.3) is 6.08 Å². The summed E-state index contributed by atoms with van der Waals surface area (Å²) in [7, 11) is 0. The molecule has 0 aliphatic heterocycles. The van der Waals surface area contributed by atoms with E-state index in [4.69, 9.17) is 4.74 Å². The van der Waals surface area contributed by atoms with Gasteiger partial charge in [-0.15, -0.1) is 11.3 Å². The van der Waals surface area contributed by atoms with Crippen LogP contribution in [0.3, 0.4) is 0 Å². The van der Waals surface area contributed by atoms with E-state index in [1.807, 2.05) is 48.7 Å². The highest BCUT2D eigenvalue weighted by molar-refractivity contribution is 7.10. The molecule has 0 bridgehead atoms. The molecule has 1 aromatic carbocycles. The summed E-state index contributed by atoms with van der Waals surface area (Å²) in [4.78, 5) is 12.9. The van der Waals surface area contributed by atoms with E-state index in [0.29, 0.717) is 18.0 Å². The van der Waals surface area contributed by atoms with Crippen molar-refractivity contribution in [3.8, 4) is 5.75 Å². The van der Waals surface area contributed by atoms with Crippen LogP contribution >= 0.6 is 11.3 Å². The monoisotopic (exact) mass is 273 g/mol. The Morgan fingerprint density at radius 3 is 2.89 bits per heavy atom. The van der Waals surface area contributed by atoms with Crippen LogP contribution in [0.1, 0.15) is 11.8 Å². The highest BCUT2D eigenvalue weighted by Crippen LogP contribution is 2.23. The van der Waals surface area contributed by atoms with Gasteiger partial charge in [0.25, 0.3) is 0 Å². The van der Waals surface area contributed by atoms with Gasteiger partial charge in [0.2, 0.25) is 5.91 Å². The highest BCUT2D eigenvalue weighted by atomic mass is 32.1. The quantitative estimate of drug-likeness (QED) is 0.841. The largest absolute Gasteiger partial charge is 0.492 e. The second kappa shape index (κ2) is 6.75. The minimum absolute atomic E-state index is 0.166. The van der Waals surface area contributed by atoms with Crippen molar-refractivity contribution in [2.75, 3.05) is 11.9 Å². The zero-order chi connectivity index (χ0) is 13.5. The van der Waals surface area contributed by atoms with E-state index in [-0.39, 0.29) is 5.91 Å². The van der Waals surface area contributed by atoms with E-state index in [1.54, 1.807) is 17.4 Å². The molecule has 1 heterocycles. The summed E-state index contributed by atoms with van der Waals surface area (Å²) in [6.07, 6.45) is 3.32. The number of amides is 1. The van der Waals surface area contributed by atoms with Crippen LogP contribution in [0, 0.1) is 0 Å². The molecule has 0 saturated carbocycles. The Bertz CT molecular complexity index is 561. The minimum Gasteiger partial charge on any atom is -0.492 e. The zero-order valence-corrected chi connectivity index (χ0v) is 11.4. The minimum atomic E-state index is -0.166. The van der Waals surface area contributed by atoms with Crippen LogP contribution in [0.2, 0.25) is 0 Å². The van der Waals surface area contributed by atoms with Gasteiger partial charge in [-0.3, -0.25) is 4.79 Å². The number of thiophene rings is 1. The lowest BCUT2D eigenvalue weighted by Crippen LogP contribution is -2.09. The van der Waals surface area contributed by atoms with Crippen LogP contribution in [0.15, 0.2) is 47.9 Å². The zero-order valence-electron chi connectivity index (χ0n) is 10.6. The summed E-state index contributed by atoms with van der Waals surface area (Å²) >= 11 is 1.59. The van der Waals surface area contributed by atoms with Crippen LogP contribution in [-0.2, 0) is 4.79 Å². The summed E-state index contributed by atoms with van der Waals surface area (Å²) in [5, 5.41) is 4.79. The molecule has 1 aromatic heterocycles. The van der Waals surface area contributed by atoms with Crippen molar-refractivity contribution in [2.45, 2.75) is 6.92 Å². The Morgan fingerprint density at radius 1 is 1.32 bits per heavy atom. The average molecular weight is 273 g/mol. The molecule has 1 amide bonds. The number of nitrogens with one attached hydrogen (secondary N) is 1. The first-order chi connectivity index (χ1) is 9.29. The van der Waals surface area contributed by atoms with E-state index in [9.17, 15) is 4.79 Å². The maximum Gasteiger partial charge on any atom is 0.248 e. The van der Waals surface area contributed by atoms with Crippen LogP contribution in [-0.4, -0.2) is 12.5 Å². The number of hydrogen-bond acceptors (Lipinski definition) is 3. The summed E-state index contributed by atoms with van der Waals surface area (Å²) in [5.74, 6) is 0.517. The highest BCUT2D eigenvalue weighted by Gasteiger charge is 2.04. The molecule has 3 nitrogen and oxygen atoms in total. The molecule has 1 N–H and O–H groups in total. The van der Waals surface area contributed by atoms with Gasteiger partial charge in [-0.25, -0.2) is 0 Å². The van der Waals surface area contributed by atoms with Crippen molar-refractivity contribution in [1.82, 2.24) is 0 Å². The molecule has 2 rings (SSSR count). The molecule has 0 fully saturated rings. The first-order valence-electron chi connectivity index (χ1n) is 6.04. The maximum atomic E-state index is 11.8. The third-order valence-corrected chi connectivity index (χ3v) is 3.22. The SMILES string of the molecule is CCOc1ccccc1NC(=O)/C=C/c1cccs1. The van der Waals surface area contributed by atoms with Gasteiger partial charge in [-0.2, -0.15) is 0 Å². The molecule has 0 radical (unpaired) electrons. The molecule has 0 aliphatic rings. The number of hydrogen-bond donors (Lipinski definition) is 1. The summed E-state index contributed by atoms with van der Waals surface area (Å²) < 4.78 is 5.45. The molecule has 0 aliphatic carbocycles. The Kier molecular flexibility index (Phi) is 4.75. The first-order valence-corrected chi connectivity index (χ1v) is 6.92. The Morgan fingerprint density at radius 2 is 2.16 bits per heavy atom. The van der Waals surface area contributed by atoms with Crippen molar-refractivity contribution < 1.29 is 9.53 Å². The third kappa shape index (κ3) is 3.96. The lowest BCUT2D eigenvalue weighted by molar-refractivity contribution is -0.111. The van der Waals surface area contributed by atoms with E-state index >= 15 is 0 Å². The van der Waals surface area contributed by atoms with Crippen LogP contribution in [0.5, 0.6) is 5.75 Å². The number of rotatable bonds is 5. The van der Waals surface area contributed by atoms with Gasteiger partial charge in [0, 0.05) is 11.0 Å². The molecular formula is C15H15NO2S. The van der Waals surface area contributed by atoms with Crippen molar-refractivity contribution in [1.29, 1.82) is 0 Å². The number of para-hydroxylation sites is 2. The average Bonchev–Trinajstić information content (AvgIpc) is 2.92. The van der Waals surface area contributed by atoms with Crippen LogP contribution in [0.4, 0.5) is 5.69 Å². The number of carbonyl (C=O) groups excluding carboxylic acids is 1. The van der Waals surface area contributed by atoms with Crippen molar-refractivity contribution in [3.63, 3.8) is 0 Å². The molecule has 2 aromatic rings. The fourth-order valence-electron chi connectivity index (χ4n) is 1.57. The molecule has 0 atom stereocenters. The molecule has 0 saturated heterocycles. The standard InChI is InChI=1S/C15H15NO2S/c1-2-18-14-8-4-3-7-13(14)16-15(17)10-9-12-6-5-11-19-12/h3-11H,2H2,1H3,(H,16,17)/b10-9+. The Balaban J connectivity index is 2.02. The lowest BCUT2D eigenvalue weighted by atomic mass is 10.3. The summed E-state index contributed by atoms with van der Waals surface area (Å²) in [6, 6.07) is 11.3. The predicted molar refractivity (Wildman–Crippen MR) is 79.6 cm³/mol. The maximum absolute atomic E-state index is 11.8. The third-order valence-electron chi connectivity index (χ3n) is 2.39. The predicted octanol–water partition coefficient (Wildman–Crippen LogP) is 3.80. The lowest BCUT2D eigenvalue weighted by Gasteiger charge is -2.09. The first kappa shape index (κ1) is 13.4. The van der Waals surface area contributed by atoms with E-state index < -0.39 is 0 Å². The smallest absolute Gasteiger partial charge is 0.248 e. The van der Waals surface area contributed by atoms with Gasteiger partial charge < -0.3 is 10.1 Å². The normalized spacial score (nSPS) is 10.6. The molecular weight excluding hydrogens is 258 g/mol. The van der Waals surface area contributed by atoms with E-state index in [2.05, 4.69) is 5.32 Å². The van der Waals surface area contributed by atoms with Crippen molar-refractivity contribution in [2.24, 2.45) is 0 Å². The van der Waals surface area contributed by atoms with Gasteiger partial charge in [-0.05, 0) is 36.6 Å². The molecule has 4 heteroatoms. The van der Waals surface area contributed by atoms with Gasteiger partial charge in [0.15, 0.2) is 0 Å². The fourth-order valence-corrected chi connectivity index (χ4v) is 2.19.